The van der Waals surface area contributed by atoms with Crippen LogP contribution in [0.4, 0.5) is 17.0 Å². The summed E-state index contributed by atoms with van der Waals surface area (Å²) < 4.78 is 5.43. The molecule has 0 saturated carbocycles. The lowest BCUT2D eigenvalue weighted by Gasteiger charge is -2.26. The monoisotopic (exact) mass is 505 g/mol. The first-order valence-corrected chi connectivity index (χ1v) is 13.3. The van der Waals surface area contributed by atoms with Crippen LogP contribution in [-0.2, 0) is 4.74 Å². The number of nitrogens with zero attached hydrogens (tertiary/aromatic N) is 5. The summed E-state index contributed by atoms with van der Waals surface area (Å²) in [5.41, 5.74) is 1.14. The standard InChI is InChI=1S/C25H27N7OS2/c1-3-8-19(9-4-1)21-18-27-24(35-21)30-23-28-22(26-12-7-13-32-14-16-33-17-15-32)29-25(31-23)34-20-10-5-2-6-11-20/h1-6,8-11,18H,7,12-17H2,(H2,26,27,28,29,30,31). The SMILES string of the molecule is c1ccc(Sc2nc(NCCCN3CCOCC3)nc(Nc3ncc(-c4ccccc4)s3)n2)cc1. The van der Waals surface area contributed by atoms with Crippen molar-refractivity contribution in [3.05, 3.63) is 66.9 Å². The van der Waals surface area contributed by atoms with Crippen LogP contribution >= 0.6 is 23.1 Å². The van der Waals surface area contributed by atoms with Gasteiger partial charge in [-0.25, -0.2) is 4.98 Å². The van der Waals surface area contributed by atoms with Gasteiger partial charge in [0.2, 0.25) is 11.9 Å². The van der Waals surface area contributed by atoms with E-state index in [2.05, 4.69) is 47.6 Å². The van der Waals surface area contributed by atoms with Crippen LogP contribution in [0.5, 0.6) is 0 Å². The Labute approximate surface area is 213 Å². The van der Waals surface area contributed by atoms with Crippen LogP contribution in [0.15, 0.2) is 76.9 Å². The fraction of sp³-hybridized carbons (Fsp3) is 0.280. The fourth-order valence-electron chi connectivity index (χ4n) is 3.62. The smallest absolute Gasteiger partial charge is 0.234 e. The maximum Gasteiger partial charge on any atom is 0.234 e. The normalized spacial score (nSPS) is 14.1. The fourth-order valence-corrected chi connectivity index (χ4v) is 5.21. The molecule has 3 heterocycles. The molecule has 1 saturated heterocycles. The molecule has 0 unspecified atom stereocenters. The third-order valence-electron chi connectivity index (χ3n) is 5.39. The topological polar surface area (TPSA) is 88.1 Å². The van der Waals surface area contributed by atoms with E-state index in [1.807, 2.05) is 54.7 Å². The van der Waals surface area contributed by atoms with Crippen LogP contribution in [0, 0.1) is 0 Å². The predicted molar refractivity (Wildman–Crippen MR) is 142 cm³/mol. The average molecular weight is 506 g/mol. The molecule has 10 heteroatoms. The van der Waals surface area contributed by atoms with Crippen LogP contribution in [0.2, 0.25) is 0 Å². The van der Waals surface area contributed by atoms with Crippen molar-refractivity contribution in [1.29, 1.82) is 0 Å². The summed E-state index contributed by atoms with van der Waals surface area (Å²) in [4.78, 5) is 23.0. The lowest BCUT2D eigenvalue weighted by molar-refractivity contribution is 0.0378. The molecular formula is C25H27N7OS2. The number of ether oxygens (including phenoxy) is 1. The molecule has 1 fully saturated rings. The molecule has 0 bridgehead atoms. The molecule has 2 aromatic carbocycles. The molecule has 180 valence electrons. The molecule has 0 radical (unpaired) electrons. The minimum Gasteiger partial charge on any atom is -0.379 e. The van der Waals surface area contributed by atoms with Crippen molar-refractivity contribution in [3.8, 4) is 10.4 Å². The highest BCUT2D eigenvalue weighted by Gasteiger charge is 2.12. The summed E-state index contributed by atoms with van der Waals surface area (Å²) in [6, 6.07) is 20.3. The third kappa shape index (κ3) is 6.98. The number of rotatable bonds is 10. The lowest BCUT2D eigenvalue weighted by Crippen LogP contribution is -2.37. The van der Waals surface area contributed by atoms with E-state index < -0.39 is 0 Å². The number of nitrogens with one attached hydrogen (secondary N) is 2. The molecule has 1 aliphatic heterocycles. The Balaban J connectivity index is 1.28. The predicted octanol–water partition coefficient (Wildman–Crippen LogP) is 5.02. The van der Waals surface area contributed by atoms with Gasteiger partial charge >= 0.3 is 0 Å². The van der Waals surface area contributed by atoms with Gasteiger partial charge in [0.25, 0.3) is 0 Å². The van der Waals surface area contributed by atoms with Crippen molar-refractivity contribution in [1.82, 2.24) is 24.8 Å². The van der Waals surface area contributed by atoms with Gasteiger partial charge in [0.1, 0.15) is 0 Å². The van der Waals surface area contributed by atoms with Gasteiger partial charge in [0.15, 0.2) is 10.3 Å². The summed E-state index contributed by atoms with van der Waals surface area (Å²) in [5.74, 6) is 1.03. The summed E-state index contributed by atoms with van der Waals surface area (Å²) >= 11 is 3.08. The molecule has 1 aliphatic rings. The zero-order valence-corrected chi connectivity index (χ0v) is 20.9. The van der Waals surface area contributed by atoms with E-state index in [9.17, 15) is 0 Å². The molecule has 2 aromatic heterocycles. The van der Waals surface area contributed by atoms with E-state index in [4.69, 9.17) is 4.74 Å². The van der Waals surface area contributed by atoms with Crippen LogP contribution in [0.3, 0.4) is 0 Å². The highest BCUT2D eigenvalue weighted by Crippen LogP contribution is 2.31. The van der Waals surface area contributed by atoms with Gasteiger partial charge < -0.3 is 10.1 Å². The summed E-state index contributed by atoms with van der Waals surface area (Å²) in [5, 5.41) is 8.02. The number of anilines is 3. The van der Waals surface area contributed by atoms with E-state index in [-0.39, 0.29) is 0 Å². The Morgan fingerprint density at radius 3 is 2.46 bits per heavy atom. The maximum absolute atomic E-state index is 5.43. The molecule has 0 aliphatic carbocycles. The van der Waals surface area contributed by atoms with Crippen LogP contribution < -0.4 is 10.6 Å². The van der Waals surface area contributed by atoms with Gasteiger partial charge in [0, 0.05) is 30.7 Å². The Hall–Kier alpha value is -3.05. The molecule has 8 nitrogen and oxygen atoms in total. The summed E-state index contributed by atoms with van der Waals surface area (Å²) in [6.07, 6.45) is 2.87. The van der Waals surface area contributed by atoms with Crippen molar-refractivity contribution in [2.75, 3.05) is 50.0 Å². The van der Waals surface area contributed by atoms with E-state index in [1.165, 1.54) is 11.8 Å². The van der Waals surface area contributed by atoms with Crippen molar-refractivity contribution in [2.45, 2.75) is 16.5 Å². The molecule has 0 atom stereocenters. The van der Waals surface area contributed by atoms with Crippen molar-refractivity contribution in [3.63, 3.8) is 0 Å². The van der Waals surface area contributed by atoms with E-state index >= 15 is 0 Å². The van der Waals surface area contributed by atoms with Gasteiger partial charge in [-0.1, -0.05) is 59.9 Å². The minimum absolute atomic E-state index is 0.475. The zero-order chi connectivity index (χ0) is 23.7. The first kappa shape index (κ1) is 23.7. The molecule has 35 heavy (non-hydrogen) atoms. The van der Waals surface area contributed by atoms with Gasteiger partial charge in [0.05, 0.1) is 18.1 Å². The number of benzene rings is 2. The second-order valence-corrected chi connectivity index (χ2v) is 10.0. The second kappa shape index (κ2) is 12.1. The Morgan fingerprint density at radius 1 is 0.914 bits per heavy atom. The van der Waals surface area contributed by atoms with E-state index in [1.54, 1.807) is 11.3 Å². The quantitative estimate of drug-likeness (QED) is 0.288. The van der Waals surface area contributed by atoms with Crippen molar-refractivity contribution >= 4 is 40.1 Å². The number of thiazole rings is 1. The molecule has 0 amide bonds. The first-order chi connectivity index (χ1) is 17.3. The number of hydrogen-bond donors (Lipinski definition) is 2. The maximum atomic E-state index is 5.43. The molecular weight excluding hydrogens is 478 g/mol. The Kier molecular flexibility index (Phi) is 8.17. The van der Waals surface area contributed by atoms with Crippen LogP contribution in [0.1, 0.15) is 6.42 Å². The van der Waals surface area contributed by atoms with Gasteiger partial charge in [-0.2, -0.15) is 15.0 Å². The minimum atomic E-state index is 0.475. The number of hydrogen-bond acceptors (Lipinski definition) is 10. The van der Waals surface area contributed by atoms with Gasteiger partial charge in [-0.15, -0.1) is 0 Å². The molecule has 2 N–H and O–H groups in total. The van der Waals surface area contributed by atoms with E-state index in [0.29, 0.717) is 17.1 Å². The lowest BCUT2D eigenvalue weighted by atomic mass is 10.2. The molecule has 4 aromatic rings. The zero-order valence-electron chi connectivity index (χ0n) is 19.3. The molecule has 5 rings (SSSR count). The Morgan fingerprint density at radius 2 is 1.66 bits per heavy atom. The van der Waals surface area contributed by atoms with Crippen molar-refractivity contribution < 1.29 is 4.74 Å². The second-order valence-electron chi connectivity index (χ2n) is 7.94. The van der Waals surface area contributed by atoms with Gasteiger partial charge in [-0.3, -0.25) is 10.2 Å². The molecule has 0 spiro atoms. The summed E-state index contributed by atoms with van der Waals surface area (Å²) in [7, 11) is 0. The van der Waals surface area contributed by atoms with Gasteiger partial charge in [-0.05, 0) is 42.4 Å². The number of morpholine rings is 1. The Bertz CT molecular complexity index is 1200. The van der Waals surface area contributed by atoms with Crippen molar-refractivity contribution in [2.24, 2.45) is 0 Å². The van der Waals surface area contributed by atoms with Crippen LogP contribution in [-0.4, -0.2) is 64.2 Å². The largest absolute Gasteiger partial charge is 0.379 e. The van der Waals surface area contributed by atoms with Crippen LogP contribution in [0.25, 0.3) is 10.4 Å². The first-order valence-electron chi connectivity index (χ1n) is 11.6. The highest BCUT2D eigenvalue weighted by molar-refractivity contribution is 7.99. The third-order valence-corrected chi connectivity index (χ3v) is 7.22. The van der Waals surface area contributed by atoms with E-state index in [0.717, 1.165) is 66.3 Å². The number of aromatic nitrogens is 4. The average Bonchev–Trinajstić information content (AvgIpc) is 3.37. The highest BCUT2D eigenvalue weighted by atomic mass is 32.2. The summed E-state index contributed by atoms with van der Waals surface area (Å²) in [6.45, 7) is 5.44.